The van der Waals surface area contributed by atoms with Crippen molar-refractivity contribution < 1.29 is 4.42 Å². The molecule has 0 saturated heterocycles. The lowest BCUT2D eigenvalue weighted by molar-refractivity contribution is 0.0957. The lowest BCUT2D eigenvalue weighted by Crippen LogP contribution is -2.44. The summed E-state index contributed by atoms with van der Waals surface area (Å²) in [6.45, 7) is 11.0. The second kappa shape index (κ2) is 6.88. The molecule has 1 aliphatic carbocycles. The summed E-state index contributed by atoms with van der Waals surface area (Å²) in [7, 11) is 0. The third-order valence-electron chi connectivity index (χ3n) is 4.49. The first-order chi connectivity index (χ1) is 9.95. The molecule has 0 aliphatic heterocycles. The summed E-state index contributed by atoms with van der Waals surface area (Å²) in [5.74, 6) is 2.04. The van der Waals surface area contributed by atoms with Gasteiger partial charge in [-0.15, -0.1) is 10.2 Å². The van der Waals surface area contributed by atoms with Gasteiger partial charge in [0, 0.05) is 11.5 Å². The van der Waals surface area contributed by atoms with Crippen molar-refractivity contribution in [3.05, 3.63) is 11.8 Å². The fourth-order valence-electron chi connectivity index (χ4n) is 3.20. The first-order valence-electron chi connectivity index (χ1n) is 8.22. The predicted molar refractivity (Wildman–Crippen MR) is 83.9 cm³/mol. The van der Waals surface area contributed by atoms with E-state index in [0.717, 1.165) is 25.5 Å². The summed E-state index contributed by atoms with van der Waals surface area (Å²) < 4.78 is 5.84. The van der Waals surface area contributed by atoms with E-state index in [4.69, 9.17) is 10.2 Å². The van der Waals surface area contributed by atoms with E-state index in [9.17, 15) is 0 Å². The number of nitrogens with two attached hydrogens (primary N) is 1. The van der Waals surface area contributed by atoms with E-state index in [1.807, 2.05) is 0 Å². The normalized spacial score (nSPS) is 23.7. The molecule has 0 spiro atoms. The van der Waals surface area contributed by atoms with E-state index in [1.165, 1.54) is 25.7 Å². The molecule has 2 unspecified atom stereocenters. The van der Waals surface area contributed by atoms with Gasteiger partial charge in [0.2, 0.25) is 11.8 Å². The first kappa shape index (κ1) is 16.4. The third-order valence-corrected chi connectivity index (χ3v) is 4.49. The van der Waals surface area contributed by atoms with Crippen molar-refractivity contribution in [2.45, 2.75) is 71.4 Å². The average molecular weight is 294 g/mol. The molecule has 1 aromatic heterocycles. The van der Waals surface area contributed by atoms with Crippen LogP contribution in [-0.4, -0.2) is 34.2 Å². The van der Waals surface area contributed by atoms with E-state index in [-0.39, 0.29) is 5.41 Å². The van der Waals surface area contributed by atoms with Crippen LogP contribution in [0.3, 0.4) is 0 Å². The Morgan fingerprint density at radius 1 is 1.24 bits per heavy atom. The molecule has 0 bridgehead atoms. The Morgan fingerprint density at radius 3 is 2.52 bits per heavy atom. The Morgan fingerprint density at radius 2 is 1.95 bits per heavy atom. The van der Waals surface area contributed by atoms with Crippen molar-refractivity contribution in [2.24, 2.45) is 11.7 Å². The lowest BCUT2D eigenvalue weighted by atomic mass is 9.83. The van der Waals surface area contributed by atoms with Crippen molar-refractivity contribution >= 4 is 0 Å². The molecule has 21 heavy (non-hydrogen) atoms. The standard InChI is InChI=1S/C16H30N4O/c1-5-20(13-9-7-6-8-12(13)10-17)11-14-18-19-15(21-14)16(2,3)4/h12-13H,5-11,17H2,1-4H3. The minimum atomic E-state index is -0.0904. The highest BCUT2D eigenvalue weighted by atomic mass is 16.4. The van der Waals surface area contributed by atoms with Crippen LogP contribution >= 0.6 is 0 Å². The summed E-state index contributed by atoms with van der Waals surface area (Å²) in [5, 5.41) is 8.42. The first-order valence-corrected chi connectivity index (χ1v) is 8.22. The molecule has 1 saturated carbocycles. The Labute approximate surface area is 128 Å². The van der Waals surface area contributed by atoms with Gasteiger partial charge in [-0.25, -0.2) is 0 Å². The van der Waals surface area contributed by atoms with Crippen LogP contribution in [-0.2, 0) is 12.0 Å². The van der Waals surface area contributed by atoms with Crippen LogP contribution in [0.4, 0.5) is 0 Å². The molecule has 1 aromatic rings. The minimum absolute atomic E-state index is 0.0904. The zero-order chi connectivity index (χ0) is 15.5. The van der Waals surface area contributed by atoms with Crippen molar-refractivity contribution in [1.29, 1.82) is 0 Å². The number of aromatic nitrogens is 2. The SMILES string of the molecule is CCN(Cc1nnc(C(C)(C)C)o1)C1CCCCC1CN. The zero-order valence-electron chi connectivity index (χ0n) is 13.9. The average Bonchev–Trinajstić information content (AvgIpc) is 2.93. The van der Waals surface area contributed by atoms with Crippen molar-refractivity contribution in [3.8, 4) is 0 Å². The van der Waals surface area contributed by atoms with E-state index in [1.54, 1.807) is 0 Å². The Hall–Kier alpha value is -0.940. The number of hydrogen-bond donors (Lipinski definition) is 1. The van der Waals surface area contributed by atoms with Gasteiger partial charge in [0.15, 0.2) is 0 Å². The summed E-state index contributed by atoms with van der Waals surface area (Å²) in [6, 6.07) is 0.554. The molecular formula is C16H30N4O. The van der Waals surface area contributed by atoms with Crippen LogP contribution in [0.5, 0.6) is 0 Å². The largest absolute Gasteiger partial charge is 0.423 e. The molecule has 2 N–H and O–H groups in total. The topological polar surface area (TPSA) is 68.2 Å². The number of hydrogen-bond acceptors (Lipinski definition) is 5. The van der Waals surface area contributed by atoms with Gasteiger partial charge in [0.05, 0.1) is 6.54 Å². The maximum atomic E-state index is 5.96. The summed E-state index contributed by atoms with van der Waals surface area (Å²) >= 11 is 0. The Bertz CT molecular complexity index is 438. The van der Waals surface area contributed by atoms with Crippen LogP contribution in [0.2, 0.25) is 0 Å². The van der Waals surface area contributed by atoms with Gasteiger partial charge >= 0.3 is 0 Å². The predicted octanol–water partition coefficient (Wildman–Crippen LogP) is 2.71. The molecule has 0 amide bonds. The molecule has 0 radical (unpaired) electrons. The second-order valence-electron chi connectivity index (χ2n) is 7.16. The van der Waals surface area contributed by atoms with Crippen LogP contribution in [0, 0.1) is 5.92 Å². The Kier molecular flexibility index (Phi) is 5.38. The summed E-state index contributed by atoms with van der Waals surface area (Å²) in [5.41, 5.74) is 5.87. The maximum absolute atomic E-state index is 5.96. The zero-order valence-corrected chi connectivity index (χ0v) is 13.9. The van der Waals surface area contributed by atoms with Crippen molar-refractivity contribution in [3.63, 3.8) is 0 Å². The quantitative estimate of drug-likeness (QED) is 0.904. The fraction of sp³-hybridized carbons (Fsp3) is 0.875. The van der Waals surface area contributed by atoms with Crippen LogP contribution < -0.4 is 5.73 Å². The molecule has 2 rings (SSSR count). The maximum Gasteiger partial charge on any atom is 0.230 e. The van der Waals surface area contributed by atoms with Gasteiger partial charge in [0.25, 0.3) is 0 Å². The molecule has 1 heterocycles. The second-order valence-corrected chi connectivity index (χ2v) is 7.16. The highest BCUT2D eigenvalue weighted by molar-refractivity contribution is 4.96. The third kappa shape index (κ3) is 4.04. The highest BCUT2D eigenvalue weighted by Crippen LogP contribution is 2.29. The van der Waals surface area contributed by atoms with Gasteiger partial charge in [-0.2, -0.15) is 0 Å². The van der Waals surface area contributed by atoms with E-state index in [0.29, 0.717) is 17.9 Å². The molecular weight excluding hydrogens is 264 g/mol. The minimum Gasteiger partial charge on any atom is -0.423 e. The monoisotopic (exact) mass is 294 g/mol. The van der Waals surface area contributed by atoms with E-state index in [2.05, 4.69) is 42.8 Å². The number of rotatable bonds is 5. The van der Waals surface area contributed by atoms with Gasteiger partial charge in [-0.1, -0.05) is 40.5 Å². The van der Waals surface area contributed by atoms with Gasteiger partial charge in [-0.05, 0) is 31.8 Å². The molecule has 1 fully saturated rings. The van der Waals surface area contributed by atoms with Crippen LogP contribution in [0.25, 0.3) is 0 Å². The number of nitrogens with zero attached hydrogens (tertiary/aromatic N) is 3. The smallest absolute Gasteiger partial charge is 0.230 e. The van der Waals surface area contributed by atoms with E-state index < -0.39 is 0 Å². The van der Waals surface area contributed by atoms with Crippen LogP contribution in [0.1, 0.15) is 65.2 Å². The molecule has 2 atom stereocenters. The lowest BCUT2D eigenvalue weighted by Gasteiger charge is -2.38. The van der Waals surface area contributed by atoms with Crippen molar-refractivity contribution in [2.75, 3.05) is 13.1 Å². The summed E-state index contributed by atoms with van der Waals surface area (Å²) in [4.78, 5) is 2.46. The van der Waals surface area contributed by atoms with Gasteiger partial charge < -0.3 is 10.2 Å². The fourth-order valence-corrected chi connectivity index (χ4v) is 3.20. The molecule has 1 aliphatic rings. The highest BCUT2D eigenvalue weighted by Gasteiger charge is 2.30. The Balaban J connectivity index is 2.06. The van der Waals surface area contributed by atoms with Gasteiger partial charge in [-0.3, -0.25) is 4.90 Å². The molecule has 5 nitrogen and oxygen atoms in total. The van der Waals surface area contributed by atoms with Crippen LogP contribution in [0.15, 0.2) is 4.42 Å². The molecule has 5 heteroatoms. The van der Waals surface area contributed by atoms with E-state index >= 15 is 0 Å². The molecule has 0 aromatic carbocycles. The van der Waals surface area contributed by atoms with Crippen molar-refractivity contribution in [1.82, 2.24) is 15.1 Å². The summed E-state index contributed by atoms with van der Waals surface area (Å²) in [6.07, 6.45) is 5.09. The molecule has 120 valence electrons. The van der Waals surface area contributed by atoms with Gasteiger partial charge in [0.1, 0.15) is 0 Å².